The average Bonchev–Trinajstić information content (AvgIpc) is 2.82. The predicted octanol–water partition coefficient (Wildman–Crippen LogP) is 2.44. The maximum absolute atomic E-state index is 5.74. The minimum atomic E-state index is 0.429. The molecule has 1 fully saturated rings. The number of nitrogens with zero attached hydrogens (tertiary/aromatic N) is 2. The second-order valence-electron chi connectivity index (χ2n) is 4.82. The van der Waals surface area contributed by atoms with Crippen LogP contribution >= 0.6 is 0 Å². The number of hydrogen-bond donors (Lipinski definition) is 0. The second-order valence-corrected chi connectivity index (χ2v) is 4.82. The summed E-state index contributed by atoms with van der Waals surface area (Å²) in [4.78, 5) is 6.63. The van der Waals surface area contributed by atoms with E-state index in [1.165, 1.54) is 0 Å². The van der Waals surface area contributed by atoms with Crippen molar-refractivity contribution in [3.05, 3.63) is 30.2 Å². The lowest BCUT2D eigenvalue weighted by Gasteiger charge is -2.30. The first-order chi connectivity index (χ1) is 8.85. The fourth-order valence-corrected chi connectivity index (χ4v) is 2.53. The lowest BCUT2D eigenvalue weighted by Crippen LogP contribution is -2.36. The highest BCUT2D eigenvalue weighted by Gasteiger charge is 2.19. The molecule has 2 aromatic heterocycles. The Bertz CT molecular complexity index is 482. The molecule has 0 saturated carbocycles. The molecule has 0 radical (unpaired) electrons. The van der Waals surface area contributed by atoms with Crippen LogP contribution in [0.1, 0.15) is 18.6 Å². The fourth-order valence-electron chi connectivity index (χ4n) is 2.53. The Morgan fingerprint density at radius 2 is 2.28 bits per heavy atom. The molecule has 1 aliphatic rings. The van der Waals surface area contributed by atoms with Gasteiger partial charge >= 0.3 is 0 Å². The Morgan fingerprint density at radius 1 is 1.44 bits per heavy atom. The lowest BCUT2D eigenvalue weighted by atomic mass is 10.1. The van der Waals surface area contributed by atoms with Gasteiger partial charge in [0.05, 0.1) is 12.6 Å². The van der Waals surface area contributed by atoms with E-state index >= 15 is 0 Å². The second kappa shape index (κ2) is 5.08. The van der Waals surface area contributed by atoms with Crippen LogP contribution in [0.5, 0.6) is 0 Å². The van der Waals surface area contributed by atoms with Crippen LogP contribution in [-0.2, 0) is 11.3 Å². The van der Waals surface area contributed by atoms with Crippen LogP contribution in [0.3, 0.4) is 0 Å². The maximum Gasteiger partial charge on any atom is 0.226 e. The normalized spacial score (nSPS) is 18.5. The summed E-state index contributed by atoms with van der Waals surface area (Å²) in [5.74, 6) is 1.000. The monoisotopic (exact) mass is 246 g/mol. The van der Waals surface area contributed by atoms with Crippen molar-refractivity contribution in [2.24, 2.45) is 0 Å². The van der Waals surface area contributed by atoms with Gasteiger partial charge in [0.2, 0.25) is 5.71 Å². The van der Waals surface area contributed by atoms with E-state index < -0.39 is 0 Å². The van der Waals surface area contributed by atoms with Crippen molar-refractivity contribution in [3.63, 3.8) is 0 Å². The van der Waals surface area contributed by atoms with Gasteiger partial charge in [-0.25, -0.2) is 4.98 Å². The van der Waals surface area contributed by atoms with Gasteiger partial charge in [-0.3, -0.25) is 4.90 Å². The molecule has 0 aliphatic carbocycles. The Labute approximate surface area is 107 Å². The molecule has 1 aliphatic heterocycles. The Balaban J connectivity index is 1.66. The first-order valence-corrected chi connectivity index (χ1v) is 6.44. The zero-order valence-corrected chi connectivity index (χ0v) is 10.6. The molecular formula is C14H18N2O2. The smallest absolute Gasteiger partial charge is 0.226 e. The zero-order valence-electron chi connectivity index (χ0n) is 10.6. The van der Waals surface area contributed by atoms with Crippen molar-refractivity contribution in [1.82, 2.24) is 9.88 Å². The van der Waals surface area contributed by atoms with Crippen molar-refractivity contribution < 1.29 is 9.15 Å². The number of ether oxygens (including phenoxy) is 1. The van der Waals surface area contributed by atoms with Gasteiger partial charge in [-0.15, -0.1) is 0 Å². The van der Waals surface area contributed by atoms with E-state index in [0.717, 1.165) is 49.3 Å². The van der Waals surface area contributed by atoms with E-state index in [0.29, 0.717) is 6.10 Å². The number of fused-ring (bicyclic) bond motifs is 1. The van der Waals surface area contributed by atoms with E-state index in [1.807, 2.05) is 12.1 Å². The number of aromatic nitrogens is 1. The van der Waals surface area contributed by atoms with Crippen molar-refractivity contribution in [2.45, 2.75) is 25.5 Å². The molecule has 0 N–H and O–H groups in total. The molecule has 0 amide bonds. The SMILES string of the molecule is COC1CCN(Cc2cc3cccnc3o2)CC1. The summed E-state index contributed by atoms with van der Waals surface area (Å²) in [6.07, 6.45) is 4.41. The minimum Gasteiger partial charge on any atom is -0.441 e. The number of methoxy groups -OCH3 is 1. The van der Waals surface area contributed by atoms with Gasteiger partial charge in [0.15, 0.2) is 0 Å². The molecule has 0 bridgehead atoms. The lowest BCUT2D eigenvalue weighted by molar-refractivity contribution is 0.0371. The van der Waals surface area contributed by atoms with E-state index in [1.54, 1.807) is 13.3 Å². The van der Waals surface area contributed by atoms with Crippen LogP contribution in [0, 0.1) is 0 Å². The summed E-state index contributed by atoms with van der Waals surface area (Å²) in [5.41, 5.74) is 0.735. The zero-order chi connectivity index (χ0) is 12.4. The van der Waals surface area contributed by atoms with Gasteiger partial charge in [-0.05, 0) is 31.0 Å². The molecule has 0 unspecified atom stereocenters. The summed E-state index contributed by atoms with van der Waals surface area (Å²) in [7, 11) is 1.80. The molecular weight excluding hydrogens is 228 g/mol. The molecule has 2 aromatic rings. The molecule has 0 aromatic carbocycles. The largest absolute Gasteiger partial charge is 0.441 e. The Morgan fingerprint density at radius 3 is 3.00 bits per heavy atom. The highest BCUT2D eigenvalue weighted by Crippen LogP contribution is 2.20. The van der Waals surface area contributed by atoms with E-state index in [-0.39, 0.29) is 0 Å². The molecule has 18 heavy (non-hydrogen) atoms. The van der Waals surface area contributed by atoms with Crippen molar-refractivity contribution in [3.8, 4) is 0 Å². The van der Waals surface area contributed by atoms with Gasteiger partial charge in [0.1, 0.15) is 5.76 Å². The number of furan rings is 1. The molecule has 4 nitrogen and oxygen atoms in total. The van der Waals surface area contributed by atoms with Crippen LogP contribution in [0.25, 0.3) is 11.1 Å². The van der Waals surface area contributed by atoms with Crippen molar-refractivity contribution >= 4 is 11.1 Å². The highest BCUT2D eigenvalue weighted by atomic mass is 16.5. The third-order valence-electron chi connectivity index (χ3n) is 3.59. The van der Waals surface area contributed by atoms with E-state index in [9.17, 15) is 0 Å². The Kier molecular flexibility index (Phi) is 3.30. The summed E-state index contributed by atoms with van der Waals surface area (Å²) in [6.45, 7) is 3.01. The van der Waals surface area contributed by atoms with Crippen LogP contribution in [-0.4, -0.2) is 36.2 Å². The molecule has 1 saturated heterocycles. The molecule has 3 rings (SSSR count). The topological polar surface area (TPSA) is 38.5 Å². The van der Waals surface area contributed by atoms with E-state index in [2.05, 4.69) is 16.0 Å². The van der Waals surface area contributed by atoms with Crippen LogP contribution < -0.4 is 0 Å². The van der Waals surface area contributed by atoms with E-state index in [4.69, 9.17) is 9.15 Å². The number of hydrogen-bond acceptors (Lipinski definition) is 4. The number of rotatable bonds is 3. The third-order valence-corrected chi connectivity index (χ3v) is 3.59. The minimum absolute atomic E-state index is 0.429. The standard InChI is InChI=1S/C14H18N2O2/c1-17-12-4-7-16(8-5-12)10-13-9-11-3-2-6-15-14(11)18-13/h2-3,6,9,12H,4-5,7-8,10H2,1H3. The predicted molar refractivity (Wildman–Crippen MR) is 69.3 cm³/mol. The molecule has 4 heteroatoms. The first-order valence-electron chi connectivity index (χ1n) is 6.44. The highest BCUT2D eigenvalue weighted by molar-refractivity contribution is 5.73. The summed E-state index contributed by atoms with van der Waals surface area (Å²) in [6, 6.07) is 6.06. The quantitative estimate of drug-likeness (QED) is 0.833. The van der Waals surface area contributed by atoms with Gasteiger partial charge in [-0.2, -0.15) is 0 Å². The van der Waals surface area contributed by atoms with Crippen molar-refractivity contribution in [1.29, 1.82) is 0 Å². The Hall–Kier alpha value is -1.39. The van der Waals surface area contributed by atoms with Gasteiger partial charge in [0, 0.05) is 31.8 Å². The third kappa shape index (κ3) is 2.40. The summed E-state index contributed by atoms with van der Waals surface area (Å²) >= 11 is 0. The molecule has 0 spiro atoms. The summed E-state index contributed by atoms with van der Waals surface area (Å²) < 4.78 is 11.1. The summed E-state index contributed by atoms with van der Waals surface area (Å²) in [5, 5.41) is 1.08. The van der Waals surface area contributed by atoms with Gasteiger partial charge in [0.25, 0.3) is 0 Å². The van der Waals surface area contributed by atoms with Crippen LogP contribution in [0.2, 0.25) is 0 Å². The molecule has 3 heterocycles. The molecule has 96 valence electrons. The van der Waals surface area contributed by atoms with Crippen molar-refractivity contribution in [2.75, 3.05) is 20.2 Å². The average molecular weight is 246 g/mol. The van der Waals surface area contributed by atoms with Crippen LogP contribution in [0.4, 0.5) is 0 Å². The number of likely N-dealkylation sites (tertiary alicyclic amines) is 1. The first kappa shape index (κ1) is 11.7. The fraction of sp³-hybridized carbons (Fsp3) is 0.500. The van der Waals surface area contributed by atoms with Gasteiger partial charge < -0.3 is 9.15 Å². The van der Waals surface area contributed by atoms with Gasteiger partial charge in [-0.1, -0.05) is 0 Å². The van der Waals surface area contributed by atoms with Crippen LogP contribution in [0.15, 0.2) is 28.8 Å². The molecule has 0 atom stereocenters. The number of pyridine rings is 1. The maximum atomic E-state index is 5.74. The number of piperidine rings is 1.